The number of hydrogen-bond acceptors (Lipinski definition) is 7. The van der Waals surface area contributed by atoms with Crippen molar-refractivity contribution in [2.45, 2.75) is 5.92 Å². The van der Waals surface area contributed by atoms with Crippen LogP contribution in [0, 0.1) is 11.3 Å². The molecule has 0 fully saturated rings. The number of benzene rings is 2. The molecule has 0 bridgehead atoms. The van der Waals surface area contributed by atoms with Gasteiger partial charge in [-0.1, -0.05) is 30.3 Å². The molecular formula is C19H14N2O5S. The number of methoxy groups -OCH3 is 1. The van der Waals surface area contributed by atoms with Crippen molar-refractivity contribution in [3.05, 3.63) is 76.0 Å². The van der Waals surface area contributed by atoms with Gasteiger partial charge in [0.1, 0.15) is 22.3 Å². The predicted molar refractivity (Wildman–Crippen MR) is 96.6 cm³/mol. The molecule has 2 heterocycles. The number of ether oxygens (including phenoxy) is 2. The smallest absolute Gasteiger partial charge is 0.340 e. The highest BCUT2D eigenvalue weighted by Gasteiger charge is 2.46. The van der Waals surface area contributed by atoms with Gasteiger partial charge in [-0.2, -0.15) is 13.7 Å². The van der Waals surface area contributed by atoms with Crippen molar-refractivity contribution in [2.24, 2.45) is 5.73 Å². The van der Waals surface area contributed by atoms with E-state index in [4.69, 9.17) is 19.4 Å². The molecule has 0 amide bonds. The zero-order valence-corrected chi connectivity index (χ0v) is 15.0. The zero-order chi connectivity index (χ0) is 19.2. The molecule has 2 aliphatic rings. The lowest BCUT2D eigenvalue weighted by molar-refractivity contribution is 0.349. The summed E-state index contributed by atoms with van der Waals surface area (Å²) in [6.45, 7) is 0. The third kappa shape index (κ3) is 2.52. The maximum Gasteiger partial charge on any atom is 0.340 e. The van der Waals surface area contributed by atoms with E-state index < -0.39 is 16.0 Å². The number of nitriles is 1. The fraction of sp³-hybridized carbons (Fsp3) is 0.105. The van der Waals surface area contributed by atoms with Gasteiger partial charge in [0.15, 0.2) is 11.5 Å². The molecule has 0 saturated heterocycles. The lowest BCUT2D eigenvalue weighted by Gasteiger charge is -2.32. The fourth-order valence-corrected chi connectivity index (χ4v) is 4.66. The Hall–Kier alpha value is -3.44. The van der Waals surface area contributed by atoms with E-state index in [9.17, 15) is 13.7 Å². The predicted octanol–water partition coefficient (Wildman–Crippen LogP) is 2.59. The van der Waals surface area contributed by atoms with Crippen LogP contribution in [0.25, 0.3) is 5.76 Å². The fourth-order valence-electron chi connectivity index (χ4n) is 3.28. The Kier molecular flexibility index (Phi) is 3.82. The summed E-state index contributed by atoms with van der Waals surface area (Å²) in [6, 6.07) is 15.4. The number of rotatable bonds is 2. The van der Waals surface area contributed by atoms with E-state index >= 15 is 0 Å². The number of fused-ring (bicyclic) bond motifs is 2. The van der Waals surface area contributed by atoms with Crippen molar-refractivity contribution < 1.29 is 22.1 Å². The standard InChI is InChI=1S/C19H14N2O5S/c1-24-14-8-4-2-6-11(14)16-13(10-20)19(21)25-17-12-7-3-5-9-15(12)26-27(22,23)18(16)17/h2-9,16H,21H2,1H3/t16-/m0/s1. The summed E-state index contributed by atoms with van der Waals surface area (Å²) in [4.78, 5) is -0.170. The van der Waals surface area contributed by atoms with Crippen LogP contribution in [0.5, 0.6) is 11.5 Å². The Labute approximate surface area is 156 Å². The summed E-state index contributed by atoms with van der Waals surface area (Å²) in [7, 11) is -2.76. The largest absolute Gasteiger partial charge is 0.496 e. The van der Waals surface area contributed by atoms with Crippen LogP contribution in [0.4, 0.5) is 0 Å². The minimum atomic E-state index is -4.23. The first kappa shape index (κ1) is 17.0. The van der Waals surface area contributed by atoms with E-state index in [1.54, 1.807) is 42.5 Å². The maximum atomic E-state index is 13.0. The van der Waals surface area contributed by atoms with E-state index in [1.807, 2.05) is 6.07 Å². The Morgan fingerprint density at radius 2 is 1.85 bits per heavy atom. The number of hydrogen-bond donors (Lipinski definition) is 1. The number of allylic oxidation sites excluding steroid dienone is 2. The molecule has 2 aromatic rings. The van der Waals surface area contributed by atoms with Gasteiger partial charge >= 0.3 is 10.1 Å². The molecule has 2 aromatic carbocycles. The van der Waals surface area contributed by atoms with E-state index in [0.29, 0.717) is 16.9 Å². The molecule has 4 rings (SSSR count). The second-order valence-electron chi connectivity index (χ2n) is 5.89. The molecule has 0 aromatic heterocycles. The van der Waals surface area contributed by atoms with Crippen molar-refractivity contribution in [1.29, 1.82) is 5.26 Å². The summed E-state index contributed by atoms with van der Waals surface area (Å²) < 4.78 is 42.1. The van der Waals surface area contributed by atoms with Gasteiger partial charge in [0.2, 0.25) is 5.88 Å². The van der Waals surface area contributed by atoms with Gasteiger partial charge in [0.25, 0.3) is 0 Å². The molecule has 8 heteroatoms. The summed E-state index contributed by atoms with van der Waals surface area (Å²) in [5.74, 6) is -0.536. The Bertz CT molecular complexity index is 1160. The molecule has 136 valence electrons. The SMILES string of the molecule is COc1ccccc1[C@H]1C(C#N)=C(N)OC2=C1S(=O)(=O)Oc1ccccc12. The van der Waals surface area contributed by atoms with E-state index in [1.165, 1.54) is 13.2 Å². The van der Waals surface area contributed by atoms with E-state index in [-0.39, 0.29) is 27.9 Å². The van der Waals surface area contributed by atoms with Crippen LogP contribution >= 0.6 is 0 Å². The first-order valence-electron chi connectivity index (χ1n) is 7.96. The second-order valence-corrected chi connectivity index (χ2v) is 7.41. The quantitative estimate of drug-likeness (QED) is 0.795. The highest BCUT2D eigenvalue weighted by atomic mass is 32.2. The minimum absolute atomic E-state index is 0.0233. The average Bonchev–Trinajstić information content (AvgIpc) is 2.66. The van der Waals surface area contributed by atoms with Crippen molar-refractivity contribution in [3.8, 4) is 17.6 Å². The monoisotopic (exact) mass is 382 g/mol. The summed E-state index contributed by atoms with van der Waals surface area (Å²) >= 11 is 0. The van der Waals surface area contributed by atoms with Gasteiger partial charge in [-0.05, 0) is 18.2 Å². The van der Waals surface area contributed by atoms with Gasteiger partial charge in [0, 0.05) is 5.56 Å². The molecule has 0 radical (unpaired) electrons. The van der Waals surface area contributed by atoms with Crippen molar-refractivity contribution >= 4 is 15.9 Å². The Morgan fingerprint density at radius 1 is 1.15 bits per heavy atom. The summed E-state index contributed by atoms with van der Waals surface area (Å²) in [5, 5.41) is 9.65. The number of nitrogens with zero attached hydrogens (tertiary/aromatic N) is 1. The molecule has 7 nitrogen and oxygen atoms in total. The summed E-state index contributed by atoms with van der Waals surface area (Å²) in [5.41, 5.74) is 6.88. The van der Waals surface area contributed by atoms with Crippen LogP contribution < -0.4 is 14.7 Å². The Balaban J connectivity index is 2.07. The van der Waals surface area contributed by atoms with Gasteiger partial charge in [0.05, 0.1) is 18.6 Å². The van der Waals surface area contributed by atoms with Gasteiger partial charge in [-0.15, -0.1) is 0 Å². The average molecular weight is 382 g/mol. The molecule has 0 unspecified atom stereocenters. The zero-order valence-electron chi connectivity index (χ0n) is 14.2. The van der Waals surface area contributed by atoms with E-state index in [0.717, 1.165) is 0 Å². The van der Waals surface area contributed by atoms with Crippen molar-refractivity contribution in [1.82, 2.24) is 0 Å². The lowest BCUT2D eigenvalue weighted by Crippen LogP contribution is -2.30. The normalized spacial score (nSPS) is 19.9. The summed E-state index contributed by atoms with van der Waals surface area (Å²) in [6.07, 6.45) is 0. The first-order valence-corrected chi connectivity index (χ1v) is 9.37. The third-order valence-corrected chi connectivity index (χ3v) is 5.78. The lowest BCUT2D eigenvalue weighted by atomic mass is 9.88. The van der Waals surface area contributed by atoms with Gasteiger partial charge in [-0.3, -0.25) is 0 Å². The van der Waals surface area contributed by atoms with Crippen LogP contribution in [0.2, 0.25) is 0 Å². The molecule has 2 aliphatic heterocycles. The highest BCUT2D eigenvalue weighted by Crippen LogP contribution is 2.50. The second kappa shape index (κ2) is 6.07. The van der Waals surface area contributed by atoms with Crippen molar-refractivity contribution in [2.75, 3.05) is 7.11 Å². The van der Waals surface area contributed by atoms with Crippen LogP contribution in [0.1, 0.15) is 17.0 Å². The van der Waals surface area contributed by atoms with E-state index in [2.05, 4.69) is 0 Å². The van der Waals surface area contributed by atoms with Crippen LogP contribution in [0.3, 0.4) is 0 Å². The molecule has 27 heavy (non-hydrogen) atoms. The van der Waals surface area contributed by atoms with Crippen LogP contribution in [-0.4, -0.2) is 15.5 Å². The molecule has 1 atom stereocenters. The number of nitrogens with two attached hydrogens (primary N) is 1. The first-order chi connectivity index (χ1) is 13.0. The third-order valence-electron chi connectivity index (χ3n) is 4.42. The molecule has 0 aliphatic carbocycles. The molecular weight excluding hydrogens is 368 g/mol. The Morgan fingerprint density at radius 3 is 2.59 bits per heavy atom. The maximum absolute atomic E-state index is 13.0. The highest BCUT2D eigenvalue weighted by molar-refractivity contribution is 7.91. The van der Waals surface area contributed by atoms with Crippen molar-refractivity contribution in [3.63, 3.8) is 0 Å². The molecule has 0 saturated carbocycles. The minimum Gasteiger partial charge on any atom is -0.496 e. The van der Waals surface area contributed by atoms with Gasteiger partial charge < -0.3 is 19.4 Å². The van der Waals surface area contributed by atoms with Crippen LogP contribution in [-0.2, 0) is 14.9 Å². The molecule has 2 N–H and O–H groups in total. The molecule has 0 spiro atoms. The topological polar surface area (TPSA) is 112 Å². The van der Waals surface area contributed by atoms with Gasteiger partial charge in [-0.25, -0.2) is 0 Å². The van der Waals surface area contributed by atoms with Crippen LogP contribution in [0.15, 0.2) is 64.9 Å². The number of para-hydroxylation sites is 2.